The van der Waals surface area contributed by atoms with Gasteiger partial charge in [-0.15, -0.1) is 0 Å². The number of allylic oxidation sites excluding steroid dienone is 2. The van der Waals surface area contributed by atoms with Crippen molar-refractivity contribution < 1.29 is 13.7 Å². The molecule has 1 aliphatic carbocycles. The van der Waals surface area contributed by atoms with Gasteiger partial charge in [-0.3, -0.25) is 9.00 Å². The van der Waals surface area contributed by atoms with Gasteiger partial charge < -0.3 is 10.1 Å². The maximum absolute atomic E-state index is 12.2. The minimum atomic E-state index is -0.943. The molecule has 0 saturated heterocycles. The standard InChI is InChI=1S/C17H23NO3S/c1-21-10-11-22(20)13-14-6-5-9-16(12-14)18-17(19)15-7-3-2-4-8-15/h2-3,5-6,9,12,15H,4,7-8,10-11,13H2,1H3,(H,18,19). The van der Waals surface area contributed by atoms with E-state index in [1.54, 1.807) is 7.11 Å². The highest BCUT2D eigenvalue weighted by atomic mass is 32.2. The Morgan fingerprint density at radius 3 is 3.00 bits per heavy atom. The number of nitrogens with one attached hydrogen (secondary N) is 1. The van der Waals surface area contributed by atoms with E-state index in [0.717, 1.165) is 30.5 Å². The van der Waals surface area contributed by atoms with Crippen molar-refractivity contribution in [3.05, 3.63) is 42.0 Å². The van der Waals surface area contributed by atoms with Crippen LogP contribution in [0, 0.1) is 5.92 Å². The molecule has 4 nitrogen and oxygen atoms in total. The van der Waals surface area contributed by atoms with Gasteiger partial charge in [0.15, 0.2) is 0 Å². The third kappa shape index (κ3) is 5.39. The van der Waals surface area contributed by atoms with Crippen LogP contribution in [0.15, 0.2) is 36.4 Å². The lowest BCUT2D eigenvalue weighted by molar-refractivity contribution is -0.120. The first-order chi connectivity index (χ1) is 10.7. The van der Waals surface area contributed by atoms with E-state index >= 15 is 0 Å². The fourth-order valence-electron chi connectivity index (χ4n) is 2.45. The van der Waals surface area contributed by atoms with Crippen LogP contribution in [0.5, 0.6) is 0 Å². The topological polar surface area (TPSA) is 55.4 Å². The zero-order valence-corrected chi connectivity index (χ0v) is 13.7. The molecule has 0 aliphatic heterocycles. The number of benzene rings is 1. The lowest BCUT2D eigenvalue weighted by Crippen LogP contribution is -2.23. The summed E-state index contributed by atoms with van der Waals surface area (Å²) in [6, 6.07) is 7.60. The van der Waals surface area contributed by atoms with Gasteiger partial charge in [-0.05, 0) is 37.0 Å². The van der Waals surface area contributed by atoms with Gasteiger partial charge in [0, 0.05) is 41.0 Å². The lowest BCUT2D eigenvalue weighted by Gasteiger charge is -2.17. The maximum Gasteiger partial charge on any atom is 0.227 e. The van der Waals surface area contributed by atoms with Crippen molar-refractivity contribution in [2.24, 2.45) is 5.92 Å². The highest BCUT2D eigenvalue weighted by molar-refractivity contribution is 7.84. The zero-order valence-electron chi connectivity index (χ0n) is 12.9. The number of ether oxygens (including phenoxy) is 1. The number of amides is 1. The predicted molar refractivity (Wildman–Crippen MR) is 90.1 cm³/mol. The van der Waals surface area contributed by atoms with E-state index in [-0.39, 0.29) is 11.8 Å². The first kappa shape index (κ1) is 16.9. The van der Waals surface area contributed by atoms with Gasteiger partial charge in [0.1, 0.15) is 0 Å². The molecule has 0 spiro atoms. The highest BCUT2D eigenvalue weighted by Gasteiger charge is 2.18. The second kappa shape index (κ2) is 8.86. The summed E-state index contributed by atoms with van der Waals surface area (Å²) in [4.78, 5) is 12.2. The van der Waals surface area contributed by atoms with Gasteiger partial charge in [-0.25, -0.2) is 0 Å². The SMILES string of the molecule is COCCS(=O)Cc1cccc(NC(=O)C2CC=CCC2)c1. The summed E-state index contributed by atoms with van der Waals surface area (Å²) in [5.74, 6) is 1.15. The van der Waals surface area contributed by atoms with E-state index in [2.05, 4.69) is 17.5 Å². The molecule has 5 heteroatoms. The average Bonchev–Trinajstić information content (AvgIpc) is 2.54. The van der Waals surface area contributed by atoms with Crippen molar-refractivity contribution in [2.75, 3.05) is 24.8 Å². The molecule has 1 aliphatic rings. The Kier molecular flexibility index (Phi) is 6.80. The van der Waals surface area contributed by atoms with Gasteiger partial charge in [0.25, 0.3) is 0 Å². The molecule has 1 amide bonds. The van der Waals surface area contributed by atoms with Gasteiger partial charge in [-0.2, -0.15) is 0 Å². The Morgan fingerprint density at radius 2 is 2.27 bits per heavy atom. The maximum atomic E-state index is 12.2. The minimum Gasteiger partial charge on any atom is -0.384 e. The molecule has 0 bridgehead atoms. The predicted octanol–water partition coefficient (Wildman–Crippen LogP) is 2.88. The van der Waals surface area contributed by atoms with Crippen molar-refractivity contribution in [1.29, 1.82) is 0 Å². The van der Waals surface area contributed by atoms with E-state index in [0.29, 0.717) is 18.1 Å². The normalized spacial score (nSPS) is 18.9. The number of hydrogen-bond acceptors (Lipinski definition) is 3. The molecule has 0 radical (unpaired) electrons. The Balaban J connectivity index is 1.91. The highest BCUT2D eigenvalue weighted by Crippen LogP contribution is 2.21. The van der Waals surface area contributed by atoms with Crippen LogP contribution in [-0.4, -0.2) is 29.6 Å². The number of carbonyl (C=O) groups is 1. The van der Waals surface area contributed by atoms with Crippen LogP contribution in [-0.2, 0) is 26.1 Å². The molecule has 120 valence electrons. The summed E-state index contributed by atoms with van der Waals surface area (Å²) in [7, 11) is 0.662. The number of methoxy groups -OCH3 is 1. The second-order valence-electron chi connectivity index (χ2n) is 5.45. The van der Waals surface area contributed by atoms with Crippen LogP contribution in [0.4, 0.5) is 5.69 Å². The third-order valence-electron chi connectivity index (χ3n) is 3.68. The van der Waals surface area contributed by atoms with E-state index in [1.807, 2.05) is 24.3 Å². The molecule has 22 heavy (non-hydrogen) atoms. The van der Waals surface area contributed by atoms with Crippen molar-refractivity contribution in [3.63, 3.8) is 0 Å². The fraction of sp³-hybridized carbons (Fsp3) is 0.471. The molecular weight excluding hydrogens is 298 g/mol. The average molecular weight is 321 g/mol. The summed E-state index contributed by atoms with van der Waals surface area (Å²) < 4.78 is 16.8. The molecule has 0 fully saturated rings. The summed E-state index contributed by atoms with van der Waals surface area (Å²) in [6.07, 6.45) is 6.88. The summed E-state index contributed by atoms with van der Waals surface area (Å²) in [6.45, 7) is 0.498. The number of hydrogen-bond donors (Lipinski definition) is 1. The number of carbonyl (C=O) groups excluding carboxylic acids is 1. The monoisotopic (exact) mass is 321 g/mol. The summed E-state index contributed by atoms with van der Waals surface area (Å²) in [5.41, 5.74) is 1.75. The third-order valence-corrected chi connectivity index (χ3v) is 4.95. The molecule has 2 atom stereocenters. The Hall–Kier alpha value is -1.46. The van der Waals surface area contributed by atoms with Crippen molar-refractivity contribution in [3.8, 4) is 0 Å². The Morgan fingerprint density at radius 1 is 1.41 bits per heavy atom. The fourth-order valence-corrected chi connectivity index (χ4v) is 3.50. The first-order valence-corrected chi connectivity index (χ1v) is 9.06. The summed E-state index contributed by atoms with van der Waals surface area (Å²) in [5, 5.41) is 2.97. The van der Waals surface area contributed by atoms with E-state index in [4.69, 9.17) is 4.74 Å². The number of anilines is 1. The van der Waals surface area contributed by atoms with Gasteiger partial charge in [0.05, 0.1) is 6.61 Å². The van der Waals surface area contributed by atoms with Crippen molar-refractivity contribution in [1.82, 2.24) is 0 Å². The molecule has 1 aromatic carbocycles. The van der Waals surface area contributed by atoms with Crippen LogP contribution in [0.2, 0.25) is 0 Å². The smallest absolute Gasteiger partial charge is 0.227 e. The van der Waals surface area contributed by atoms with Crippen LogP contribution < -0.4 is 5.32 Å². The van der Waals surface area contributed by atoms with Crippen LogP contribution in [0.3, 0.4) is 0 Å². The molecular formula is C17H23NO3S. The Labute approximate surface area is 134 Å². The quantitative estimate of drug-likeness (QED) is 0.786. The minimum absolute atomic E-state index is 0.0597. The van der Waals surface area contributed by atoms with Crippen molar-refractivity contribution in [2.45, 2.75) is 25.0 Å². The molecule has 2 rings (SSSR count). The largest absolute Gasteiger partial charge is 0.384 e. The molecule has 2 unspecified atom stereocenters. The van der Waals surface area contributed by atoms with Crippen LogP contribution in [0.25, 0.3) is 0 Å². The molecule has 0 heterocycles. The zero-order chi connectivity index (χ0) is 15.8. The van der Waals surface area contributed by atoms with Gasteiger partial charge in [-0.1, -0.05) is 24.3 Å². The molecule has 0 saturated carbocycles. The van der Waals surface area contributed by atoms with Crippen molar-refractivity contribution >= 4 is 22.4 Å². The molecule has 1 N–H and O–H groups in total. The van der Waals surface area contributed by atoms with Gasteiger partial charge in [0.2, 0.25) is 5.91 Å². The van der Waals surface area contributed by atoms with Crippen LogP contribution >= 0.6 is 0 Å². The molecule has 0 aromatic heterocycles. The first-order valence-electron chi connectivity index (χ1n) is 7.57. The van der Waals surface area contributed by atoms with Gasteiger partial charge >= 0.3 is 0 Å². The second-order valence-corrected chi connectivity index (χ2v) is 7.03. The van der Waals surface area contributed by atoms with E-state index in [9.17, 15) is 9.00 Å². The Bertz CT molecular complexity index is 557. The number of rotatable bonds is 7. The van der Waals surface area contributed by atoms with E-state index < -0.39 is 10.8 Å². The summed E-state index contributed by atoms with van der Waals surface area (Å²) >= 11 is 0. The van der Waals surface area contributed by atoms with Crippen LogP contribution in [0.1, 0.15) is 24.8 Å². The molecule has 1 aromatic rings. The van der Waals surface area contributed by atoms with E-state index in [1.165, 1.54) is 0 Å². The lowest BCUT2D eigenvalue weighted by atomic mass is 9.93.